The molecule has 2 rings (SSSR count). The second kappa shape index (κ2) is 5.98. The van der Waals surface area contributed by atoms with E-state index >= 15 is 0 Å². The molecule has 0 bridgehead atoms. The van der Waals surface area contributed by atoms with E-state index < -0.39 is 12.1 Å². The zero-order valence-electron chi connectivity index (χ0n) is 10.2. The van der Waals surface area contributed by atoms with Crippen molar-refractivity contribution in [2.75, 3.05) is 0 Å². The van der Waals surface area contributed by atoms with Gasteiger partial charge in [-0.25, -0.2) is 4.79 Å². The van der Waals surface area contributed by atoms with Crippen molar-refractivity contribution in [3.05, 3.63) is 72.3 Å². The van der Waals surface area contributed by atoms with Crippen LogP contribution >= 0.6 is 0 Å². The summed E-state index contributed by atoms with van der Waals surface area (Å²) in [4.78, 5) is 10.4. The zero-order chi connectivity index (χ0) is 13.7. The predicted molar refractivity (Wildman–Crippen MR) is 73.6 cm³/mol. The van der Waals surface area contributed by atoms with Crippen molar-refractivity contribution in [1.29, 1.82) is 0 Å². The number of benzene rings is 2. The maximum absolute atomic E-state index is 10.4. The quantitative estimate of drug-likeness (QED) is 0.824. The Kier molecular flexibility index (Phi) is 4.11. The van der Waals surface area contributed by atoms with E-state index in [1.807, 2.05) is 42.5 Å². The van der Waals surface area contributed by atoms with Crippen molar-refractivity contribution in [3.8, 4) is 11.1 Å². The topological polar surface area (TPSA) is 57.5 Å². The van der Waals surface area contributed by atoms with Crippen molar-refractivity contribution in [2.45, 2.75) is 6.10 Å². The largest absolute Gasteiger partial charge is 0.478 e. The molecule has 3 nitrogen and oxygen atoms in total. The van der Waals surface area contributed by atoms with Crippen LogP contribution in [0, 0.1) is 0 Å². The molecule has 19 heavy (non-hydrogen) atoms. The molecular weight excluding hydrogens is 240 g/mol. The number of aliphatic hydroxyl groups is 1. The third-order valence-electron chi connectivity index (χ3n) is 2.78. The first-order valence-corrected chi connectivity index (χ1v) is 5.91. The molecule has 0 amide bonds. The molecule has 0 fully saturated rings. The van der Waals surface area contributed by atoms with Gasteiger partial charge in [-0.3, -0.25) is 0 Å². The molecule has 0 saturated carbocycles. The third kappa shape index (κ3) is 3.53. The second-order valence-electron chi connectivity index (χ2n) is 4.13. The average molecular weight is 254 g/mol. The van der Waals surface area contributed by atoms with Gasteiger partial charge < -0.3 is 10.2 Å². The minimum absolute atomic E-state index is 0.664. The summed E-state index contributed by atoms with van der Waals surface area (Å²) in [7, 11) is 0. The van der Waals surface area contributed by atoms with Crippen molar-refractivity contribution in [1.82, 2.24) is 0 Å². The molecule has 2 aromatic carbocycles. The van der Waals surface area contributed by atoms with Crippen LogP contribution in [0.15, 0.2) is 66.7 Å². The van der Waals surface area contributed by atoms with Gasteiger partial charge in [0.15, 0.2) is 0 Å². The van der Waals surface area contributed by atoms with Crippen LogP contribution in [0.3, 0.4) is 0 Å². The Bertz CT molecular complexity index is 571. The van der Waals surface area contributed by atoms with Crippen molar-refractivity contribution >= 4 is 5.97 Å². The fourth-order valence-corrected chi connectivity index (χ4v) is 1.79. The van der Waals surface area contributed by atoms with Gasteiger partial charge in [0.1, 0.15) is 0 Å². The van der Waals surface area contributed by atoms with E-state index in [1.54, 1.807) is 12.1 Å². The smallest absolute Gasteiger partial charge is 0.328 e. The molecule has 0 aliphatic carbocycles. The first-order chi connectivity index (χ1) is 9.16. The summed E-state index contributed by atoms with van der Waals surface area (Å²) in [6.45, 7) is 0. The van der Waals surface area contributed by atoms with E-state index in [2.05, 4.69) is 0 Å². The Labute approximate surface area is 111 Å². The maximum atomic E-state index is 10.4. The number of carboxylic acids is 1. The van der Waals surface area contributed by atoms with Crippen molar-refractivity contribution in [3.63, 3.8) is 0 Å². The lowest BCUT2D eigenvalue weighted by Gasteiger charge is -2.07. The molecule has 0 aliphatic rings. The lowest BCUT2D eigenvalue weighted by atomic mass is 10.0. The van der Waals surface area contributed by atoms with Crippen LogP contribution in [-0.4, -0.2) is 16.2 Å². The van der Waals surface area contributed by atoms with Gasteiger partial charge in [0.05, 0.1) is 6.10 Å². The Morgan fingerprint density at radius 1 is 0.947 bits per heavy atom. The van der Waals surface area contributed by atoms with Gasteiger partial charge in [-0.15, -0.1) is 0 Å². The average Bonchev–Trinajstić information content (AvgIpc) is 2.46. The van der Waals surface area contributed by atoms with E-state index in [0.717, 1.165) is 17.2 Å². The van der Waals surface area contributed by atoms with Crippen LogP contribution in [0.5, 0.6) is 0 Å². The highest BCUT2D eigenvalue weighted by atomic mass is 16.4. The lowest BCUT2D eigenvalue weighted by molar-refractivity contribution is -0.131. The molecule has 0 radical (unpaired) electrons. The van der Waals surface area contributed by atoms with Crippen molar-refractivity contribution < 1.29 is 15.0 Å². The van der Waals surface area contributed by atoms with E-state index in [0.29, 0.717) is 5.56 Å². The fourth-order valence-electron chi connectivity index (χ4n) is 1.79. The molecule has 2 aromatic rings. The van der Waals surface area contributed by atoms with Crippen LogP contribution in [-0.2, 0) is 4.79 Å². The van der Waals surface area contributed by atoms with Crippen molar-refractivity contribution in [2.24, 2.45) is 0 Å². The highest BCUT2D eigenvalue weighted by molar-refractivity contribution is 5.79. The van der Waals surface area contributed by atoms with E-state index in [9.17, 15) is 9.90 Å². The summed E-state index contributed by atoms with van der Waals surface area (Å²) in [6.07, 6.45) is 1.29. The van der Waals surface area contributed by atoms with Crippen LogP contribution in [0.25, 0.3) is 11.1 Å². The van der Waals surface area contributed by atoms with Gasteiger partial charge in [0.25, 0.3) is 0 Å². The molecule has 0 saturated heterocycles. The molecule has 96 valence electrons. The van der Waals surface area contributed by atoms with Crippen LogP contribution in [0.2, 0.25) is 0 Å². The van der Waals surface area contributed by atoms with Gasteiger partial charge in [0, 0.05) is 6.08 Å². The standard InChI is InChI=1S/C16H14O3/c17-15(10-11-16(18)19)14-8-6-13(7-9-14)12-4-2-1-3-5-12/h1-11,15,17H,(H,18,19). The van der Waals surface area contributed by atoms with Gasteiger partial charge in [0.2, 0.25) is 0 Å². The molecular formula is C16H14O3. The monoisotopic (exact) mass is 254 g/mol. The number of aliphatic carboxylic acids is 1. The molecule has 1 unspecified atom stereocenters. The van der Waals surface area contributed by atoms with E-state index in [1.165, 1.54) is 6.08 Å². The number of carbonyl (C=O) groups is 1. The molecule has 0 spiro atoms. The molecule has 0 heterocycles. The molecule has 1 atom stereocenters. The summed E-state index contributed by atoms with van der Waals surface area (Å²) in [5.74, 6) is -1.07. The molecule has 0 aliphatic heterocycles. The SMILES string of the molecule is O=C(O)C=CC(O)c1ccc(-c2ccccc2)cc1. The third-order valence-corrected chi connectivity index (χ3v) is 2.78. The second-order valence-corrected chi connectivity index (χ2v) is 4.13. The highest BCUT2D eigenvalue weighted by Crippen LogP contribution is 2.22. The summed E-state index contributed by atoms with van der Waals surface area (Å²) < 4.78 is 0. The lowest BCUT2D eigenvalue weighted by Crippen LogP contribution is -1.95. The summed E-state index contributed by atoms with van der Waals surface area (Å²) in [5.41, 5.74) is 2.82. The number of carboxylic acid groups (broad SMARTS) is 1. The molecule has 2 N–H and O–H groups in total. The minimum Gasteiger partial charge on any atom is -0.478 e. The molecule has 3 heteroatoms. The maximum Gasteiger partial charge on any atom is 0.328 e. The number of hydrogen-bond acceptors (Lipinski definition) is 2. The Morgan fingerprint density at radius 2 is 1.53 bits per heavy atom. The number of hydrogen-bond donors (Lipinski definition) is 2. The van der Waals surface area contributed by atoms with Crippen LogP contribution in [0.4, 0.5) is 0 Å². The number of aliphatic hydroxyl groups excluding tert-OH is 1. The van der Waals surface area contributed by atoms with Gasteiger partial charge >= 0.3 is 5.97 Å². The zero-order valence-corrected chi connectivity index (χ0v) is 10.2. The fraction of sp³-hybridized carbons (Fsp3) is 0.0625. The van der Waals surface area contributed by atoms with Crippen LogP contribution in [0.1, 0.15) is 11.7 Å². The Morgan fingerprint density at radius 3 is 2.11 bits per heavy atom. The number of rotatable bonds is 4. The first-order valence-electron chi connectivity index (χ1n) is 5.91. The summed E-state index contributed by atoms with van der Waals surface area (Å²) in [5, 5.41) is 18.3. The summed E-state index contributed by atoms with van der Waals surface area (Å²) in [6, 6.07) is 17.3. The minimum atomic E-state index is -1.07. The van der Waals surface area contributed by atoms with Gasteiger partial charge in [-0.2, -0.15) is 0 Å². The van der Waals surface area contributed by atoms with E-state index in [4.69, 9.17) is 5.11 Å². The normalized spacial score (nSPS) is 12.5. The highest BCUT2D eigenvalue weighted by Gasteiger charge is 2.04. The summed E-state index contributed by atoms with van der Waals surface area (Å²) >= 11 is 0. The van der Waals surface area contributed by atoms with E-state index in [-0.39, 0.29) is 0 Å². The molecule has 0 aromatic heterocycles. The predicted octanol–water partition coefficient (Wildman–Crippen LogP) is 3.03. The van der Waals surface area contributed by atoms with Gasteiger partial charge in [-0.1, -0.05) is 54.6 Å². The Balaban J connectivity index is 2.17. The van der Waals surface area contributed by atoms with Crippen LogP contribution < -0.4 is 0 Å². The Hall–Kier alpha value is -2.39. The first kappa shape index (κ1) is 13.1. The van der Waals surface area contributed by atoms with Gasteiger partial charge in [-0.05, 0) is 22.8 Å².